The maximum Gasteiger partial charge on any atom is 0.210 e. The molecule has 23 heavy (non-hydrogen) atoms. The second-order valence-corrected chi connectivity index (χ2v) is 6.10. The fraction of sp³-hybridized carbons (Fsp3) is 0.167. The van der Waals surface area contributed by atoms with E-state index in [0.29, 0.717) is 5.56 Å². The van der Waals surface area contributed by atoms with E-state index in [4.69, 9.17) is 0 Å². The Labute approximate surface area is 143 Å². The SMILES string of the molecule is O=C(C[C@H](/C=C/c1ccccc1)C[N+](=O)[O-])c1ccc(Br)cc1. The van der Waals surface area contributed by atoms with Gasteiger partial charge in [0.15, 0.2) is 5.78 Å². The van der Waals surface area contributed by atoms with Gasteiger partial charge in [-0.2, -0.15) is 0 Å². The standard InChI is InChI=1S/C18H16BrNO3/c19-17-10-8-16(9-11-17)18(21)12-15(13-20(22)23)7-6-14-4-2-1-3-5-14/h1-11,15H,12-13H2/b7-6+/t15-/m0/s1. The molecule has 2 rings (SSSR count). The molecule has 0 unspecified atom stereocenters. The van der Waals surface area contributed by atoms with Gasteiger partial charge in [0, 0.05) is 27.3 Å². The summed E-state index contributed by atoms with van der Waals surface area (Å²) in [5.41, 5.74) is 1.52. The van der Waals surface area contributed by atoms with Gasteiger partial charge in [0.2, 0.25) is 6.54 Å². The summed E-state index contributed by atoms with van der Waals surface area (Å²) >= 11 is 3.32. The van der Waals surface area contributed by atoms with Crippen LogP contribution in [0, 0.1) is 16.0 Å². The smallest absolute Gasteiger partial charge is 0.210 e. The van der Waals surface area contributed by atoms with Crippen molar-refractivity contribution in [3.63, 3.8) is 0 Å². The van der Waals surface area contributed by atoms with Crippen molar-refractivity contribution in [3.05, 3.63) is 86.4 Å². The monoisotopic (exact) mass is 373 g/mol. The Morgan fingerprint density at radius 3 is 2.39 bits per heavy atom. The number of rotatable bonds is 7. The largest absolute Gasteiger partial charge is 0.294 e. The zero-order valence-electron chi connectivity index (χ0n) is 12.4. The first-order valence-corrected chi connectivity index (χ1v) is 7.97. The minimum Gasteiger partial charge on any atom is -0.294 e. The highest BCUT2D eigenvalue weighted by atomic mass is 79.9. The summed E-state index contributed by atoms with van der Waals surface area (Å²) in [4.78, 5) is 22.7. The molecule has 0 aromatic heterocycles. The third-order valence-electron chi connectivity index (χ3n) is 3.36. The molecule has 0 aliphatic carbocycles. The molecule has 0 N–H and O–H groups in total. The van der Waals surface area contributed by atoms with Crippen LogP contribution in [0.15, 0.2) is 65.1 Å². The first kappa shape index (κ1) is 17.1. The fourth-order valence-corrected chi connectivity index (χ4v) is 2.45. The van der Waals surface area contributed by atoms with Crippen molar-refractivity contribution in [1.29, 1.82) is 0 Å². The summed E-state index contributed by atoms with van der Waals surface area (Å²) < 4.78 is 0.889. The van der Waals surface area contributed by atoms with Crippen molar-refractivity contribution in [2.75, 3.05) is 6.54 Å². The molecule has 0 heterocycles. The maximum absolute atomic E-state index is 12.3. The summed E-state index contributed by atoms with van der Waals surface area (Å²) in [6, 6.07) is 16.5. The molecule has 118 valence electrons. The quantitative estimate of drug-likeness (QED) is 0.403. The van der Waals surface area contributed by atoms with Crippen LogP contribution in [0.4, 0.5) is 0 Å². The summed E-state index contributed by atoms with van der Waals surface area (Å²) in [6.07, 6.45) is 3.68. The molecule has 0 saturated carbocycles. The molecule has 0 spiro atoms. The lowest BCUT2D eigenvalue weighted by Crippen LogP contribution is -2.16. The highest BCUT2D eigenvalue weighted by Crippen LogP contribution is 2.16. The zero-order valence-corrected chi connectivity index (χ0v) is 14.0. The molecule has 0 amide bonds. The van der Waals surface area contributed by atoms with Gasteiger partial charge in [-0.3, -0.25) is 14.9 Å². The van der Waals surface area contributed by atoms with Crippen LogP contribution in [0.2, 0.25) is 0 Å². The van der Waals surface area contributed by atoms with E-state index in [1.54, 1.807) is 30.3 Å². The van der Waals surface area contributed by atoms with Crippen molar-refractivity contribution in [3.8, 4) is 0 Å². The van der Waals surface area contributed by atoms with Gasteiger partial charge in [0.05, 0.1) is 0 Å². The van der Waals surface area contributed by atoms with E-state index in [0.717, 1.165) is 10.0 Å². The van der Waals surface area contributed by atoms with Crippen LogP contribution < -0.4 is 0 Å². The second-order valence-electron chi connectivity index (χ2n) is 5.18. The molecule has 0 aliphatic rings. The van der Waals surface area contributed by atoms with E-state index in [1.165, 1.54) is 0 Å². The number of carbonyl (C=O) groups is 1. The average Bonchev–Trinajstić information content (AvgIpc) is 2.53. The Morgan fingerprint density at radius 2 is 1.78 bits per heavy atom. The van der Waals surface area contributed by atoms with Gasteiger partial charge in [-0.1, -0.05) is 70.5 Å². The van der Waals surface area contributed by atoms with Gasteiger partial charge in [0.1, 0.15) is 0 Å². The van der Waals surface area contributed by atoms with Crippen LogP contribution >= 0.6 is 15.9 Å². The van der Waals surface area contributed by atoms with Crippen LogP contribution in [0.25, 0.3) is 6.08 Å². The zero-order chi connectivity index (χ0) is 16.7. The van der Waals surface area contributed by atoms with E-state index in [9.17, 15) is 14.9 Å². The summed E-state index contributed by atoms with van der Waals surface area (Å²) in [6.45, 7) is -0.258. The van der Waals surface area contributed by atoms with E-state index >= 15 is 0 Å². The van der Waals surface area contributed by atoms with Crippen LogP contribution in [0.3, 0.4) is 0 Å². The molecule has 0 bridgehead atoms. The number of benzene rings is 2. The highest BCUT2D eigenvalue weighted by molar-refractivity contribution is 9.10. The second kappa shape index (κ2) is 8.39. The van der Waals surface area contributed by atoms with Crippen molar-refractivity contribution in [2.45, 2.75) is 6.42 Å². The molecule has 2 aromatic rings. The predicted molar refractivity (Wildman–Crippen MR) is 93.9 cm³/mol. The number of hydrogen-bond donors (Lipinski definition) is 0. The van der Waals surface area contributed by atoms with E-state index in [-0.39, 0.29) is 23.7 Å². The number of Topliss-reactive ketones (excluding diaryl/α,β-unsaturated/α-hetero) is 1. The molecular formula is C18H16BrNO3. The van der Waals surface area contributed by atoms with E-state index in [1.807, 2.05) is 36.4 Å². The molecule has 4 nitrogen and oxygen atoms in total. The number of nitro groups is 1. The van der Waals surface area contributed by atoms with Crippen LogP contribution in [0.1, 0.15) is 22.3 Å². The molecule has 0 fully saturated rings. The molecule has 5 heteroatoms. The van der Waals surface area contributed by atoms with Gasteiger partial charge in [-0.15, -0.1) is 0 Å². The third-order valence-corrected chi connectivity index (χ3v) is 3.89. The highest BCUT2D eigenvalue weighted by Gasteiger charge is 2.17. The number of nitrogens with zero attached hydrogens (tertiary/aromatic N) is 1. The van der Waals surface area contributed by atoms with E-state index in [2.05, 4.69) is 15.9 Å². The summed E-state index contributed by atoms with van der Waals surface area (Å²) in [7, 11) is 0. The molecule has 0 aliphatic heterocycles. The molecule has 0 radical (unpaired) electrons. The normalized spacial score (nSPS) is 12.2. The molecular weight excluding hydrogens is 358 g/mol. The predicted octanol–water partition coefficient (Wildman–Crippen LogP) is 4.63. The van der Waals surface area contributed by atoms with Gasteiger partial charge in [-0.25, -0.2) is 0 Å². The van der Waals surface area contributed by atoms with Crippen LogP contribution in [-0.4, -0.2) is 17.3 Å². The van der Waals surface area contributed by atoms with Gasteiger partial charge >= 0.3 is 0 Å². The molecule has 1 atom stereocenters. The Morgan fingerprint density at radius 1 is 1.13 bits per heavy atom. The number of ketones is 1. The minimum absolute atomic E-state index is 0.0953. The third kappa shape index (κ3) is 5.79. The Bertz CT molecular complexity index is 696. The maximum atomic E-state index is 12.3. The lowest BCUT2D eigenvalue weighted by molar-refractivity contribution is -0.485. The van der Waals surface area contributed by atoms with Gasteiger partial charge < -0.3 is 0 Å². The van der Waals surface area contributed by atoms with Crippen molar-refractivity contribution >= 4 is 27.8 Å². The number of halogens is 1. The first-order valence-electron chi connectivity index (χ1n) is 7.18. The van der Waals surface area contributed by atoms with Gasteiger partial charge in [0.25, 0.3) is 0 Å². The summed E-state index contributed by atoms with van der Waals surface area (Å²) in [5.74, 6) is -0.525. The molecule has 2 aromatic carbocycles. The van der Waals surface area contributed by atoms with Gasteiger partial charge in [-0.05, 0) is 17.7 Å². The van der Waals surface area contributed by atoms with Crippen molar-refractivity contribution < 1.29 is 9.72 Å². The topological polar surface area (TPSA) is 60.2 Å². The Kier molecular flexibility index (Phi) is 6.23. The molecule has 0 saturated heterocycles. The Balaban J connectivity index is 2.09. The fourth-order valence-electron chi connectivity index (χ4n) is 2.19. The van der Waals surface area contributed by atoms with Crippen molar-refractivity contribution in [2.24, 2.45) is 5.92 Å². The first-order chi connectivity index (χ1) is 11.0. The average molecular weight is 374 g/mol. The number of carbonyl (C=O) groups excluding carboxylic acids is 1. The summed E-state index contributed by atoms with van der Waals surface area (Å²) in [5, 5.41) is 10.8. The lowest BCUT2D eigenvalue weighted by atomic mass is 9.97. The number of hydrogen-bond acceptors (Lipinski definition) is 3. The lowest BCUT2D eigenvalue weighted by Gasteiger charge is -2.08. The minimum atomic E-state index is -0.429. The van der Waals surface area contributed by atoms with E-state index < -0.39 is 5.92 Å². The van der Waals surface area contributed by atoms with Crippen LogP contribution in [0.5, 0.6) is 0 Å². The Hall–Kier alpha value is -2.27. The van der Waals surface area contributed by atoms with Crippen molar-refractivity contribution in [1.82, 2.24) is 0 Å². The van der Waals surface area contributed by atoms with Crippen LogP contribution in [-0.2, 0) is 0 Å².